The van der Waals surface area contributed by atoms with Crippen molar-refractivity contribution in [2.75, 3.05) is 26.6 Å². The molecule has 9 nitrogen and oxygen atoms in total. The first-order valence-electron chi connectivity index (χ1n) is 10.9. The van der Waals surface area contributed by atoms with Crippen LogP contribution in [-0.2, 0) is 11.3 Å². The molecule has 0 bridgehead atoms. The Balaban J connectivity index is 1.58. The van der Waals surface area contributed by atoms with E-state index in [0.29, 0.717) is 35.6 Å². The Morgan fingerprint density at radius 1 is 1.09 bits per heavy atom. The number of nitrogens with zero attached hydrogens (tertiary/aromatic N) is 4. The Morgan fingerprint density at radius 3 is 2.53 bits per heavy atom. The second-order valence-corrected chi connectivity index (χ2v) is 8.06. The number of nitrogens with one attached hydrogen (secondary N) is 1. The van der Waals surface area contributed by atoms with Crippen molar-refractivity contribution in [2.45, 2.75) is 32.0 Å². The SMILES string of the molecule is CCCOc1ccc(/C=N\NC(=O)CSc2nnc(-c3ccc(OC)c(OC)c3)n2CC)cc1. The molecule has 1 heterocycles. The molecule has 3 rings (SSSR count). The number of ether oxygens (including phenoxy) is 3. The molecule has 34 heavy (non-hydrogen) atoms. The summed E-state index contributed by atoms with van der Waals surface area (Å²) < 4.78 is 18.2. The van der Waals surface area contributed by atoms with Crippen LogP contribution in [-0.4, -0.2) is 53.5 Å². The Morgan fingerprint density at radius 2 is 1.85 bits per heavy atom. The van der Waals surface area contributed by atoms with Crippen LogP contribution in [0.4, 0.5) is 0 Å². The minimum absolute atomic E-state index is 0.158. The second kappa shape index (κ2) is 12.6. The molecule has 1 aromatic heterocycles. The van der Waals surface area contributed by atoms with Gasteiger partial charge in [0.1, 0.15) is 5.75 Å². The number of carbonyl (C=O) groups is 1. The Labute approximate surface area is 203 Å². The largest absolute Gasteiger partial charge is 0.494 e. The maximum Gasteiger partial charge on any atom is 0.250 e. The van der Waals surface area contributed by atoms with Crippen molar-refractivity contribution in [3.05, 3.63) is 48.0 Å². The topological polar surface area (TPSA) is 99.9 Å². The number of amides is 1. The molecule has 3 aromatic rings. The van der Waals surface area contributed by atoms with Crippen molar-refractivity contribution >= 4 is 23.9 Å². The van der Waals surface area contributed by atoms with Crippen LogP contribution in [0.15, 0.2) is 52.7 Å². The summed E-state index contributed by atoms with van der Waals surface area (Å²) in [5.41, 5.74) is 4.25. The highest BCUT2D eigenvalue weighted by atomic mass is 32.2. The standard InChI is InChI=1S/C24H29N5O4S/c1-5-13-33-19-10-7-17(8-11-19)15-25-26-22(30)16-34-24-28-27-23(29(24)6-2)18-9-12-20(31-3)21(14-18)32-4/h7-12,14-15H,5-6,13,16H2,1-4H3,(H,26,30)/b25-15-. The van der Waals surface area contributed by atoms with Gasteiger partial charge in [-0.3, -0.25) is 4.79 Å². The van der Waals surface area contributed by atoms with Gasteiger partial charge in [-0.05, 0) is 61.4 Å². The highest BCUT2D eigenvalue weighted by Gasteiger charge is 2.16. The number of benzene rings is 2. The summed E-state index contributed by atoms with van der Waals surface area (Å²) in [5, 5.41) is 13.3. The Kier molecular flexibility index (Phi) is 9.33. The first-order chi connectivity index (χ1) is 16.6. The monoisotopic (exact) mass is 483 g/mol. The van der Waals surface area contributed by atoms with E-state index < -0.39 is 0 Å². The van der Waals surface area contributed by atoms with Gasteiger partial charge in [0, 0.05) is 12.1 Å². The molecule has 0 aliphatic heterocycles. The normalized spacial score (nSPS) is 10.9. The molecule has 2 aromatic carbocycles. The third-order valence-electron chi connectivity index (χ3n) is 4.76. The van der Waals surface area contributed by atoms with E-state index >= 15 is 0 Å². The van der Waals surface area contributed by atoms with E-state index in [-0.39, 0.29) is 11.7 Å². The summed E-state index contributed by atoms with van der Waals surface area (Å²) in [5.74, 6) is 2.68. The zero-order valence-electron chi connectivity index (χ0n) is 19.8. The van der Waals surface area contributed by atoms with E-state index in [1.165, 1.54) is 11.8 Å². The van der Waals surface area contributed by atoms with E-state index in [4.69, 9.17) is 14.2 Å². The van der Waals surface area contributed by atoms with E-state index in [2.05, 4.69) is 27.6 Å². The first-order valence-corrected chi connectivity index (χ1v) is 11.9. The fraction of sp³-hybridized carbons (Fsp3) is 0.333. The fourth-order valence-corrected chi connectivity index (χ4v) is 3.88. The van der Waals surface area contributed by atoms with Crippen LogP contribution in [0.3, 0.4) is 0 Å². The van der Waals surface area contributed by atoms with Gasteiger partial charge in [-0.2, -0.15) is 5.10 Å². The number of hydrogen-bond donors (Lipinski definition) is 1. The first kappa shape index (κ1) is 25.1. The maximum atomic E-state index is 12.3. The van der Waals surface area contributed by atoms with Gasteiger partial charge in [0.2, 0.25) is 0 Å². The second-order valence-electron chi connectivity index (χ2n) is 7.12. The van der Waals surface area contributed by atoms with Crippen molar-refractivity contribution in [3.63, 3.8) is 0 Å². The minimum atomic E-state index is -0.234. The van der Waals surface area contributed by atoms with Gasteiger partial charge in [-0.1, -0.05) is 18.7 Å². The van der Waals surface area contributed by atoms with E-state index in [1.54, 1.807) is 20.4 Å². The van der Waals surface area contributed by atoms with E-state index in [9.17, 15) is 4.79 Å². The molecule has 0 radical (unpaired) electrons. The number of hydrazone groups is 1. The van der Waals surface area contributed by atoms with Crippen LogP contribution in [0.2, 0.25) is 0 Å². The molecule has 10 heteroatoms. The quantitative estimate of drug-likeness (QED) is 0.236. The molecule has 0 spiro atoms. The van der Waals surface area contributed by atoms with Crippen LogP contribution >= 0.6 is 11.8 Å². The number of methoxy groups -OCH3 is 2. The van der Waals surface area contributed by atoms with Crippen LogP contribution in [0.25, 0.3) is 11.4 Å². The molecule has 0 atom stereocenters. The average molecular weight is 484 g/mol. The minimum Gasteiger partial charge on any atom is -0.494 e. The molecular weight excluding hydrogens is 454 g/mol. The van der Waals surface area contributed by atoms with Crippen LogP contribution in [0, 0.1) is 0 Å². The highest BCUT2D eigenvalue weighted by Crippen LogP contribution is 2.32. The number of rotatable bonds is 12. The van der Waals surface area contributed by atoms with Crippen LogP contribution in [0.5, 0.6) is 17.2 Å². The summed E-state index contributed by atoms with van der Waals surface area (Å²) in [6.07, 6.45) is 2.55. The molecular formula is C24H29N5O4S. The zero-order chi connectivity index (χ0) is 24.3. The summed E-state index contributed by atoms with van der Waals surface area (Å²) in [6.45, 7) is 5.39. The molecule has 0 fully saturated rings. The predicted octanol–water partition coefficient (Wildman–Crippen LogP) is 4.01. The number of thioether (sulfide) groups is 1. The Hall–Kier alpha value is -3.53. The number of carbonyl (C=O) groups excluding carboxylic acids is 1. The molecule has 0 unspecified atom stereocenters. The highest BCUT2D eigenvalue weighted by molar-refractivity contribution is 7.99. The van der Waals surface area contributed by atoms with Gasteiger partial charge in [0.25, 0.3) is 5.91 Å². The molecule has 0 saturated heterocycles. The van der Waals surface area contributed by atoms with Gasteiger partial charge < -0.3 is 18.8 Å². The van der Waals surface area contributed by atoms with Crippen LogP contribution < -0.4 is 19.6 Å². The lowest BCUT2D eigenvalue weighted by atomic mass is 10.2. The summed E-state index contributed by atoms with van der Waals surface area (Å²) in [6, 6.07) is 13.1. The molecule has 0 saturated carbocycles. The lowest BCUT2D eigenvalue weighted by Gasteiger charge is -2.10. The summed E-state index contributed by atoms with van der Waals surface area (Å²) in [7, 11) is 3.18. The van der Waals surface area contributed by atoms with Gasteiger partial charge in [0.15, 0.2) is 22.5 Å². The molecule has 1 amide bonds. The van der Waals surface area contributed by atoms with Crippen molar-refractivity contribution in [3.8, 4) is 28.6 Å². The van der Waals surface area contributed by atoms with Gasteiger partial charge >= 0.3 is 0 Å². The Bertz CT molecular complexity index is 1120. The zero-order valence-corrected chi connectivity index (χ0v) is 20.6. The van der Waals surface area contributed by atoms with Gasteiger partial charge in [-0.25, -0.2) is 5.43 Å². The molecule has 0 aliphatic carbocycles. The maximum absolute atomic E-state index is 12.3. The van der Waals surface area contributed by atoms with Gasteiger partial charge in [-0.15, -0.1) is 10.2 Å². The fourth-order valence-electron chi connectivity index (χ4n) is 3.08. The predicted molar refractivity (Wildman–Crippen MR) is 133 cm³/mol. The molecule has 180 valence electrons. The van der Waals surface area contributed by atoms with Crippen molar-refractivity contribution in [1.29, 1.82) is 0 Å². The van der Waals surface area contributed by atoms with E-state index in [0.717, 1.165) is 23.3 Å². The lowest BCUT2D eigenvalue weighted by Crippen LogP contribution is -2.20. The van der Waals surface area contributed by atoms with Crippen LogP contribution in [0.1, 0.15) is 25.8 Å². The number of hydrogen-bond acceptors (Lipinski definition) is 8. The number of aromatic nitrogens is 3. The smallest absolute Gasteiger partial charge is 0.250 e. The van der Waals surface area contributed by atoms with Crippen molar-refractivity contribution < 1.29 is 19.0 Å². The van der Waals surface area contributed by atoms with Gasteiger partial charge in [0.05, 0.1) is 32.8 Å². The van der Waals surface area contributed by atoms with Crippen molar-refractivity contribution in [1.82, 2.24) is 20.2 Å². The third-order valence-corrected chi connectivity index (χ3v) is 5.73. The molecule has 1 N–H and O–H groups in total. The average Bonchev–Trinajstić information content (AvgIpc) is 3.29. The molecule has 0 aliphatic rings. The summed E-state index contributed by atoms with van der Waals surface area (Å²) in [4.78, 5) is 12.3. The third kappa shape index (κ3) is 6.50. The summed E-state index contributed by atoms with van der Waals surface area (Å²) >= 11 is 1.30. The van der Waals surface area contributed by atoms with Crippen molar-refractivity contribution in [2.24, 2.45) is 5.10 Å². The van der Waals surface area contributed by atoms with E-state index in [1.807, 2.05) is 54.0 Å². The lowest BCUT2D eigenvalue weighted by molar-refractivity contribution is -0.118.